The van der Waals surface area contributed by atoms with Gasteiger partial charge < -0.3 is 10.1 Å². The van der Waals surface area contributed by atoms with Crippen molar-refractivity contribution in [2.75, 3.05) is 0 Å². The minimum Gasteiger partial charge on any atom is -0.444 e. The number of ether oxygens (including phenoxy) is 1. The highest BCUT2D eigenvalue weighted by Crippen LogP contribution is 2.45. The summed E-state index contributed by atoms with van der Waals surface area (Å²) in [5, 5.41) is 2.63. The lowest BCUT2D eigenvalue weighted by atomic mass is 9.71. The van der Waals surface area contributed by atoms with Crippen molar-refractivity contribution in [3.8, 4) is 0 Å². The third-order valence-electron chi connectivity index (χ3n) is 5.38. The standard InChI is InChI=1S/C23H35NO3/c1-6-7-9-17-12-13-18-10-8-11-19(18)20(17)14-15-21(25)16(2)24-22(26)27-23(3,4)5/h7,9,12-20H,6,8,10-11H2,1-5H3,(H,24,26)/b9-7+,15-14+/t16-,17-,18+,19-,20-/m1/s1. The molecule has 5 atom stereocenters. The highest BCUT2D eigenvalue weighted by molar-refractivity contribution is 5.95. The summed E-state index contributed by atoms with van der Waals surface area (Å²) in [4.78, 5) is 24.4. The van der Waals surface area contributed by atoms with Crippen molar-refractivity contribution in [3.05, 3.63) is 36.5 Å². The van der Waals surface area contributed by atoms with Gasteiger partial charge in [0.15, 0.2) is 5.78 Å². The highest BCUT2D eigenvalue weighted by Gasteiger charge is 2.36. The maximum Gasteiger partial charge on any atom is 0.408 e. The molecule has 0 saturated heterocycles. The van der Waals surface area contributed by atoms with Crippen LogP contribution in [0.1, 0.15) is 60.3 Å². The number of carbonyl (C=O) groups excluding carboxylic acids is 2. The smallest absolute Gasteiger partial charge is 0.408 e. The molecule has 0 aromatic carbocycles. The summed E-state index contributed by atoms with van der Waals surface area (Å²) in [6.07, 6.45) is 17.1. The number of alkyl carbamates (subject to hydrolysis) is 1. The molecule has 0 aromatic heterocycles. The van der Waals surface area contributed by atoms with E-state index in [9.17, 15) is 9.59 Å². The number of amides is 1. The summed E-state index contributed by atoms with van der Waals surface area (Å²) in [7, 11) is 0. The Morgan fingerprint density at radius 3 is 2.63 bits per heavy atom. The lowest BCUT2D eigenvalue weighted by Crippen LogP contribution is -2.41. The third-order valence-corrected chi connectivity index (χ3v) is 5.38. The SMILES string of the molecule is CC/C=C/[C@@H]1C=C[C@@H]2CCC[C@H]2[C@@H]1/C=C/C(=O)[C@@H](C)NC(=O)OC(C)(C)C. The summed E-state index contributed by atoms with van der Waals surface area (Å²) >= 11 is 0. The fourth-order valence-electron chi connectivity index (χ4n) is 4.08. The first-order valence-corrected chi connectivity index (χ1v) is 10.3. The van der Waals surface area contributed by atoms with Gasteiger partial charge >= 0.3 is 6.09 Å². The monoisotopic (exact) mass is 373 g/mol. The van der Waals surface area contributed by atoms with Gasteiger partial charge in [-0.2, -0.15) is 0 Å². The van der Waals surface area contributed by atoms with Crippen LogP contribution >= 0.6 is 0 Å². The Labute approximate surface area is 164 Å². The average molecular weight is 374 g/mol. The van der Waals surface area contributed by atoms with Crippen LogP contribution in [0.5, 0.6) is 0 Å². The summed E-state index contributed by atoms with van der Waals surface area (Å²) in [6.45, 7) is 9.25. The number of fused-ring (bicyclic) bond motifs is 1. The van der Waals surface area contributed by atoms with Crippen molar-refractivity contribution in [1.29, 1.82) is 0 Å². The molecule has 0 aromatic rings. The van der Waals surface area contributed by atoms with Crippen molar-refractivity contribution in [3.63, 3.8) is 0 Å². The van der Waals surface area contributed by atoms with E-state index in [4.69, 9.17) is 4.74 Å². The molecule has 0 heterocycles. The topological polar surface area (TPSA) is 55.4 Å². The van der Waals surface area contributed by atoms with Gasteiger partial charge in [0.1, 0.15) is 5.60 Å². The van der Waals surface area contributed by atoms with E-state index in [-0.39, 0.29) is 5.78 Å². The average Bonchev–Trinajstić information content (AvgIpc) is 3.04. The maximum atomic E-state index is 12.5. The fraction of sp³-hybridized carbons (Fsp3) is 0.652. The first kappa shape index (κ1) is 21.5. The molecular weight excluding hydrogens is 338 g/mol. The zero-order valence-electron chi connectivity index (χ0n) is 17.4. The van der Waals surface area contributed by atoms with Crippen LogP contribution < -0.4 is 5.32 Å². The molecule has 2 rings (SSSR count). The molecule has 1 N–H and O–H groups in total. The molecule has 1 amide bonds. The predicted molar refractivity (Wildman–Crippen MR) is 109 cm³/mol. The molecule has 1 saturated carbocycles. The Hall–Kier alpha value is -1.84. The third kappa shape index (κ3) is 6.37. The van der Waals surface area contributed by atoms with E-state index in [2.05, 4.69) is 42.6 Å². The van der Waals surface area contributed by atoms with E-state index < -0.39 is 17.7 Å². The Kier molecular flexibility index (Phi) is 7.46. The van der Waals surface area contributed by atoms with Crippen molar-refractivity contribution in [2.45, 2.75) is 71.9 Å². The fourth-order valence-corrected chi connectivity index (χ4v) is 4.08. The van der Waals surface area contributed by atoms with Crippen LogP contribution in [0.15, 0.2) is 36.5 Å². The lowest BCUT2D eigenvalue weighted by Gasteiger charge is -2.33. The molecule has 150 valence electrons. The molecule has 1 fully saturated rings. The van der Waals surface area contributed by atoms with Crippen LogP contribution in [0.2, 0.25) is 0 Å². The molecule has 0 spiro atoms. The van der Waals surface area contributed by atoms with Crippen LogP contribution in [-0.4, -0.2) is 23.5 Å². The number of hydrogen-bond acceptors (Lipinski definition) is 3. The van der Waals surface area contributed by atoms with Gasteiger partial charge in [0.05, 0.1) is 6.04 Å². The number of nitrogens with one attached hydrogen (secondary N) is 1. The Balaban J connectivity index is 2.02. The molecule has 0 bridgehead atoms. The molecule has 2 aliphatic carbocycles. The molecule has 4 nitrogen and oxygen atoms in total. The molecule has 0 aliphatic heterocycles. The van der Waals surface area contributed by atoms with E-state index in [0.29, 0.717) is 23.7 Å². The molecular formula is C23H35NO3. The van der Waals surface area contributed by atoms with Gasteiger partial charge in [0, 0.05) is 5.92 Å². The maximum absolute atomic E-state index is 12.5. The summed E-state index contributed by atoms with van der Waals surface area (Å²) < 4.78 is 5.23. The van der Waals surface area contributed by atoms with Crippen LogP contribution in [0.25, 0.3) is 0 Å². The second kappa shape index (κ2) is 9.38. The van der Waals surface area contributed by atoms with Gasteiger partial charge in [-0.05, 0) is 70.8 Å². The Morgan fingerprint density at radius 1 is 1.22 bits per heavy atom. The van der Waals surface area contributed by atoms with E-state index >= 15 is 0 Å². The van der Waals surface area contributed by atoms with E-state index in [1.165, 1.54) is 19.3 Å². The minimum absolute atomic E-state index is 0.0943. The van der Waals surface area contributed by atoms with Gasteiger partial charge in [-0.15, -0.1) is 0 Å². The predicted octanol–water partition coefficient (Wildman–Crippen LogP) is 5.21. The number of ketones is 1. The normalized spacial score (nSPS) is 29.1. The highest BCUT2D eigenvalue weighted by atomic mass is 16.6. The molecule has 27 heavy (non-hydrogen) atoms. The molecule has 4 heteroatoms. The van der Waals surface area contributed by atoms with Crippen molar-refractivity contribution in [1.82, 2.24) is 5.32 Å². The number of rotatable bonds is 6. The second-order valence-corrected chi connectivity index (χ2v) is 8.76. The minimum atomic E-state index is -0.598. The van der Waals surface area contributed by atoms with Gasteiger partial charge in [0.2, 0.25) is 0 Å². The lowest BCUT2D eigenvalue weighted by molar-refractivity contribution is -0.116. The quantitative estimate of drug-likeness (QED) is 0.514. The second-order valence-electron chi connectivity index (χ2n) is 8.76. The Bertz CT molecular complexity index is 612. The van der Waals surface area contributed by atoms with Crippen LogP contribution in [0, 0.1) is 23.7 Å². The van der Waals surface area contributed by atoms with Crippen molar-refractivity contribution >= 4 is 11.9 Å². The largest absolute Gasteiger partial charge is 0.444 e. The number of carbonyl (C=O) groups is 2. The van der Waals surface area contributed by atoms with Gasteiger partial charge in [-0.1, -0.05) is 43.7 Å². The zero-order chi connectivity index (χ0) is 20.0. The van der Waals surface area contributed by atoms with Crippen LogP contribution in [0.3, 0.4) is 0 Å². The van der Waals surface area contributed by atoms with E-state index in [1.54, 1.807) is 33.8 Å². The van der Waals surface area contributed by atoms with Gasteiger partial charge in [0.25, 0.3) is 0 Å². The first-order valence-electron chi connectivity index (χ1n) is 10.3. The summed E-state index contributed by atoms with van der Waals surface area (Å²) in [5.74, 6) is 1.85. The van der Waals surface area contributed by atoms with E-state index in [0.717, 1.165) is 6.42 Å². The van der Waals surface area contributed by atoms with Crippen LogP contribution in [0.4, 0.5) is 4.79 Å². The van der Waals surface area contributed by atoms with Crippen LogP contribution in [-0.2, 0) is 9.53 Å². The molecule has 0 unspecified atom stereocenters. The molecule has 2 aliphatic rings. The van der Waals surface area contributed by atoms with Crippen molar-refractivity contribution < 1.29 is 14.3 Å². The zero-order valence-corrected chi connectivity index (χ0v) is 17.4. The van der Waals surface area contributed by atoms with Gasteiger partial charge in [-0.25, -0.2) is 4.79 Å². The van der Waals surface area contributed by atoms with Gasteiger partial charge in [-0.3, -0.25) is 4.79 Å². The summed E-state index contributed by atoms with van der Waals surface area (Å²) in [6, 6.07) is -0.598. The van der Waals surface area contributed by atoms with Crippen molar-refractivity contribution in [2.24, 2.45) is 23.7 Å². The Morgan fingerprint density at radius 2 is 1.96 bits per heavy atom. The first-order chi connectivity index (χ1) is 12.7. The summed E-state index contributed by atoms with van der Waals surface area (Å²) in [5.41, 5.74) is -0.576. The number of hydrogen-bond donors (Lipinski definition) is 1. The molecule has 0 radical (unpaired) electrons. The van der Waals surface area contributed by atoms with E-state index in [1.807, 2.05) is 0 Å². The number of allylic oxidation sites excluding steroid dienone is 5.